The average Bonchev–Trinajstić information content (AvgIpc) is 2.38. The Hall–Kier alpha value is -1.34. The van der Waals surface area contributed by atoms with E-state index >= 15 is 0 Å². The zero-order chi connectivity index (χ0) is 16.8. The van der Waals surface area contributed by atoms with Gasteiger partial charge in [-0.2, -0.15) is 0 Å². The van der Waals surface area contributed by atoms with Crippen LogP contribution in [-0.2, 0) is 10.8 Å². The molecule has 7 heteroatoms. The van der Waals surface area contributed by atoms with Gasteiger partial charge in [-0.25, -0.2) is 9.97 Å². The molecule has 0 aliphatic heterocycles. The molecular weight excluding hydrogens is 298 g/mol. The molecule has 1 aromatic heterocycles. The largest absolute Gasteiger partial charge is 0.417 e. The summed E-state index contributed by atoms with van der Waals surface area (Å²) in [5.74, 6) is 1.11. The van der Waals surface area contributed by atoms with Gasteiger partial charge in [0, 0.05) is 30.3 Å². The third kappa shape index (κ3) is 7.08. The molecule has 0 radical (unpaired) electrons. The molecule has 6 nitrogen and oxygen atoms in total. The standard InChI is InChI=1S/C15H27N3O3Si/c1-12(2)11-22(4,5)21-7-6-14(18(19)20)8-15-16-9-13(3)10-17-15/h9-10,12,14H,6-8,11H2,1-5H3. The van der Waals surface area contributed by atoms with E-state index in [0.29, 0.717) is 24.8 Å². The number of aromatic nitrogens is 2. The monoisotopic (exact) mass is 325 g/mol. The second-order valence-electron chi connectivity index (χ2n) is 6.81. The van der Waals surface area contributed by atoms with Crippen molar-refractivity contribution < 1.29 is 9.35 Å². The average molecular weight is 325 g/mol. The van der Waals surface area contributed by atoms with Crippen LogP contribution in [0.15, 0.2) is 12.4 Å². The molecule has 0 saturated heterocycles. The zero-order valence-electron chi connectivity index (χ0n) is 14.2. The van der Waals surface area contributed by atoms with Crippen molar-refractivity contribution in [3.05, 3.63) is 33.9 Å². The van der Waals surface area contributed by atoms with Crippen molar-refractivity contribution in [3.8, 4) is 0 Å². The van der Waals surface area contributed by atoms with Gasteiger partial charge in [0.05, 0.1) is 6.42 Å². The number of rotatable bonds is 9. The Morgan fingerprint density at radius 2 is 1.91 bits per heavy atom. The molecule has 0 fully saturated rings. The lowest BCUT2D eigenvalue weighted by Crippen LogP contribution is -2.34. The zero-order valence-corrected chi connectivity index (χ0v) is 15.2. The van der Waals surface area contributed by atoms with Crippen molar-refractivity contribution in [2.45, 2.75) is 58.8 Å². The minimum absolute atomic E-state index is 0.246. The molecule has 0 N–H and O–H groups in total. The molecular formula is C15H27N3O3Si. The molecule has 0 saturated carbocycles. The van der Waals surface area contributed by atoms with Gasteiger partial charge in [-0.1, -0.05) is 13.8 Å². The number of nitrogens with zero attached hydrogens (tertiary/aromatic N) is 3. The second-order valence-corrected chi connectivity index (χ2v) is 11.0. The Morgan fingerprint density at radius 3 is 2.41 bits per heavy atom. The SMILES string of the molecule is Cc1cnc(CC(CCO[Si](C)(C)CC(C)C)[N+](=O)[O-])nc1. The molecule has 124 valence electrons. The van der Waals surface area contributed by atoms with Crippen molar-refractivity contribution in [2.24, 2.45) is 5.92 Å². The van der Waals surface area contributed by atoms with Crippen LogP contribution < -0.4 is 0 Å². The van der Waals surface area contributed by atoms with Crippen molar-refractivity contribution in [1.82, 2.24) is 9.97 Å². The Bertz CT molecular complexity index is 477. The van der Waals surface area contributed by atoms with Crippen LogP contribution in [0.3, 0.4) is 0 Å². The Kier molecular flexibility index (Phi) is 7.08. The highest BCUT2D eigenvalue weighted by molar-refractivity contribution is 6.71. The molecule has 0 spiro atoms. The van der Waals surface area contributed by atoms with Gasteiger partial charge in [-0.3, -0.25) is 10.1 Å². The van der Waals surface area contributed by atoms with Gasteiger partial charge in [0.25, 0.3) is 0 Å². The summed E-state index contributed by atoms with van der Waals surface area (Å²) in [4.78, 5) is 19.3. The van der Waals surface area contributed by atoms with Crippen molar-refractivity contribution in [2.75, 3.05) is 6.61 Å². The fraction of sp³-hybridized carbons (Fsp3) is 0.733. The first-order valence-electron chi connectivity index (χ1n) is 7.74. The van der Waals surface area contributed by atoms with Crippen molar-refractivity contribution in [3.63, 3.8) is 0 Å². The van der Waals surface area contributed by atoms with E-state index in [2.05, 4.69) is 36.9 Å². The number of nitro groups is 1. The molecule has 0 bridgehead atoms. The van der Waals surface area contributed by atoms with Crippen LogP contribution in [0, 0.1) is 23.0 Å². The summed E-state index contributed by atoms with van der Waals surface area (Å²) in [5, 5.41) is 11.2. The van der Waals surface area contributed by atoms with Crippen LogP contribution in [0.1, 0.15) is 31.7 Å². The van der Waals surface area contributed by atoms with E-state index < -0.39 is 14.4 Å². The predicted molar refractivity (Wildman–Crippen MR) is 89.0 cm³/mol. The van der Waals surface area contributed by atoms with Gasteiger partial charge < -0.3 is 4.43 Å². The number of hydrogen-bond acceptors (Lipinski definition) is 5. The van der Waals surface area contributed by atoms with Crippen LogP contribution in [0.2, 0.25) is 19.1 Å². The minimum atomic E-state index is -1.72. The molecule has 22 heavy (non-hydrogen) atoms. The smallest absolute Gasteiger partial charge is 0.222 e. The van der Waals surface area contributed by atoms with Crippen molar-refractivity contribution >= 4 is 8.32 Å². The van der Waals surface area contributed by atoms with Gasteiger partial charge >= 0.3 is 0 Å². The van der Waals surface area contributed by atoms with Crippen LogP contribution in [0.4, 0.5) is 0 Å². The quantitative estimate of drug-likeness (QED) is 0.395. The number of hydrogen-bond donors (Lipinski definition) is 0. The first-order chi connectivity index (χ1) is 10.2. The van der Waals surface area contributed by atoms with Gasteiger partial charge in [0.1, 0.15) is 5.82 Å². The van der Waals surface area contributed by atoms with Gasteiger partial charge in [-0.15, -0.1) is 0 Å². The first kappa shape index (κ1) is 18.7. The number of aryl methyl sites for hydroxylation is 1. The van der Waals surface area contributed by atoms with Crippen molar-refractivity contribution in [1.29, 1.82) is 0 Å². The highest BCUT2D eigenvalue weighted by atomic mass is 28.4. The molecule has 1 heterocycles. The van der Waals surface area contributed by atoms with Crippen LogP contribution in [0.5, 0.6) is 0 Å². The fourth-order valence-corrected chi connectivity index (χ4v) is 5.29. The maximum atomic E-state index is 11.2. The van der Waals surface area contributed by atoms with Gasteiger partial charge in [-0.05, 0) is 37.5 Å². The second kappa shape index (κ2) is 8.33. The molecule has 1 atom stereocenters. The minimum Gasteiger partial charge on any atom is -0.417 e. The molecule has 0 aromatic carbocycles. The maximum Gasteiger partial charge on any atom is 0.222 e. The topological polar surface area (TPSA) is 78.2 Å². The summed E-state index contributed by atoms with van der Waals surface area (Å²) in [6.07, 6.45) is 4.03. The Morgan fingerprint density at radius 1 is 1.32 bits per heavy atom. The maximum absolute atomic E-state index is 11.2. The lowest BCUT2D eigenvalue weighted by Gasteiger charge is -2.25. The molecule has 1 aromatic rings. The van der Waals surface area contributed by atoms with E-state index in [4.69, 9.17) is 4.43 Å². The van der Waals surface area contributed by atoms with E-state index in [-0.39, 0.29) is 11.3 Å². The fourth-order valence-electron chi connectivity index (χ4n) is 2.53. The van der Waals surface area contributed by atoms with E-state index in [1.807, 2.05) is 6.92 Å². The summed E-state index contributed by atoms with van der Waals surface area (Å²) in [5.41, 5.74) is 0.950. The Balaban J connectivity index is 2.51. The highest BCUT2D eigenvalue weighted by Gasteiger charge is 2.27. The normalized spacial score (nSPS) is 13.4. The van der Waals surface area contributed by atoms with Gasteiger partial charge in [0.15, 0.2) is 8.32 Å². The predicted octanol–water partition coefficient (Wildman–Crippen LogP) is 3.24. The summed E-state index contributed by atoms with van der Waals surface area (Å²) in [6.45, 7) is 11.0. The van der Waals surface area contributed by atoms with E-state index in [1.54, 1.807) is 12.4 Å². The molecule has 0 aliphatic rings. The van der Waals surface area contributed by atoms with E-state index in [0.717, 1.165) is 11.6 Å². The Labute approximate surface area is 133 Å². The summed E-state index contributed by atoms with van der Waals surface area (Å²) in [7, 11) is -1.72. The lowest BCUT2D eigenvalue weighted by atomic mass is 10.1. The molecule has 1 rings (SSSR count). The molecule has 0 aliphatic carbocycles. The van der Waals surface area contributed by atoms with Crippen LogP contribution in [-0.4, -0.2) is 35.9 Å². The third-order valence-corrected chi connectivity index (χ3v) is 6.18. The van der Waals surface area contributed by atoms with Crippen LogP contribution in [0.25, 0.3) is 0 Å². The van der Waals surface area contributed by atoms with E-state index in [1.165, 1.54) is 0 Å². The van der Waals surface area contributed by atoms with Gasteiger partial charge in [0.2, 0.25) is 6.04 Å². The summed E-state index contributed by atoms with van der Waals surface area (Å²) >= 11 is 0. The first-order valence-corrected chi connectivity index (χ1v) is 10.9. The molecule has 1 unspecified atom stereocenters. The third-order valence-electron chi connectivity index (χ3n) is 3.39. The van der Waals surface area contributed by atoms with E-state index in [9.17, 15) is 10.1 Å². The highest BCUT2D eigenvalue weighted by Crippen LogP contribution is 2.18. The van der Waals surface area contributed by atoms with Crippen LogP contribution >= 0.6 is 0 Å². The summed E-state index contributed by atoms with van der Waals surface area (Å²) in [6, 6.07) is 0.378. The lowest BCUT2D eigenvalue weighted by molar-refractivity contribution is -0.523. The molecule has 0 amide bonds. The summed E-state index contributed by atoms with van der Waals surface area (Å²) < 4.78 is 5.97.